The van der Waals surface area contributed by atoms with Crippen LogP contribution in [-0.2, 0) is 6.42 Å². The number of hydrogen-bond acceptors (Lipinski definition) is 5. The summed E-state index contributed by atoms with van der Waals surface area (Å²) in [5.74, 6) is 1.70. The van der Waals surface area contributed by atoms with E-state index < -0.39 is 0 Å². The third-order valence-electron chi connectivity index (χ3n) is 4.76. The minimum atomic E-state index is 0.330. The van der Waals surface area contributed by atoms with Crippen molar-refractivity contribution in [3.63, 3.8) is 0 Å². The van der Waals surface area contributed by atoms with Crippen LogP contribution in [0.3, 0.4) is 0 Å². The van der Waals surface area contributed by atoms with E-state index in [-0.39, 0.29) is 0 Å². The zero-order valence-corrected chi connectivity index (χ0v) is 18.2. The van der Waals surface area contributed by atoms with Crippen molar-refractivity contribution >= 4 is 34.6 Å². The fourth-order valence-corrected chi connectivity index (χ4v) is 4.34. The van der Waals surface area contributed by atoms with Crippen molar-refractivity contribution in [2.75, 3.05) is 38.7 Å². The second kappa shape index (κ2) is 9.98. The summed E-state index contributed by atoms with van der Waals surface area (Å²) in [6.07, 6.45) is 3.06. The lowest BCUT2D eigenvalue weighted by Gasteiger charge is -2.22. The number of methoxy groups -OCH3 is 1. The summed E-state index contributed by atoms with van der Waals surface area (Å²) in [4.78, 5) is 11.2. The quantitative estimate of drug-likeness (QED) is 0.407. The highest BCUT2D eigenvalue weighted by Gasteiger charge is 2.25. The molecule has 1 unspecified atom stereocenters. The third kappa shape index (κ3) is 5.52. The lowest BCUT2D eigenvalue weighted by molar-refractivity contribution is 0.415. The average Bonchev–Trinajstić information content (AvgIpc) is 3.33. The maximum Gasteiger partial charge on any atom is 0.191 e. The molecule has 0 aliphatic carbocycles. The highest BCUT2D eigenvalue weighted by Crippen LogP contribution is 2.33. The molecule has 1 aromatic heterocycles. The maximum absolute atomic E-state index is 6.18. The van der Waals surface area contributed by atoms with Gasteiger partial charge in [-0.1, -0.05) is 11.6 Å². The predicted octanol–water partition coefficient (Wildman–Crippen LogP) is 3.49. The number of nitrogens with one attached hydrogen (secondary N) is 2. The first-order chi connectivity index (χ1) is 13.6. The molecule has 152 valence electrons. The molecule has 0 saturated carbocycles. The average molecular weight is 422 g/mol. The summed E-state index contributed by atoms with van der Waals surface area (Å²) >= 11 is 7.91. The molecule has 1 atom stereocenters. The van der Waals surface area contributed by atoms with Crippen LogP contribution in [0.1, 0.15) is 23.5 Å². The van der Waals surface area contributed by atoms with Gasteiger partial charge in [0.15, 0.2) is 5.96 Å². The Kier molecular flexibility index (Phi) is 7.39. The Bertz CT molecular complexity index is 810. The standard InChI is InChI=1S/C20H28ClN5OS/c1-14-13-28-19(24-14)5-4-9-23-20(22-2)25-16-8-10-26(12-16)17-11-15(21)6-7-18(17)27-3/h6-7,11,13,16H,4-5,8-10,12H2,1-3H3,(H2,22,23,25). The zero-order chi connectivity index (χ0) is 19.9. The summed E-state index contributed by atoms with van der Waals surface area (Å²) in [7, 11) is 3.50. The van der Waals surface area contributed by atoms with Gasteiger partial charge >= 0.3 is 0 Å². The molecule has 1 aliphatic heterocycles. The molecule has 6 nitrogen and oxygen atoms in total. The molecular formula is C20H28ClN5OS. The molecule has 0 spiro atoms. The molecule has 0 bridgehead atoms. The number of hydrogen-bond donors (Lipinski definition) is 2. The van der Waals surface area contributed by atoms with Crippen LogP contribution in [0, 0.1) is 6.92 Å². The zero-order valence-electron chi connectivity index (χ0n) is 16.7. The second-order valence-corrected chi connectivity index (χ2v) is 8.26. The van der Waals surface area contributed by atoms with Gasteiger partial charge in [0.25, 0.3) is 0 Å². The fourth-order valence-electron chi connectivity index (χ4n) is 3.36. The Balaban J connectivity index is 1.46. The van der Waals surface area contributed by atoms with Crippen LogP contribution in [0.5, 0.6) is 5.75 Å². The van der Waals surface area contributed by atoms with Crippen LogP contribution < -0.4 is 20.3 Å². The molecule has 1 fully saturated rings. The van der Waals surface area contributed by atoms with Crippen LogP contribution in [0.4, 0.5) is 5.69 Å². The summed E-state index contributed by atoms with van der Waals surface area (Å²) in [5.41, 5.74) is 2.15. The first-order valence-corrected chi connectivity index (χ1v) is 10.8. The normalized spacial score (nSPS) is 17.1. The molecule has 28 heavy (non-hydrogen) atoms. The Hall–Kier alpha value is -1.99. The largest absolute Gasteiger partial charge is 0.495 e. The fraction of sp³-hybridized carbons (Fsp3) is 0.500. The summed E-state index contributed by atoms with van der Waals surface area (Å²) in [6, 6.07) is 6.07. The Morgan fingerprint density at radius 2 is 2.32 bits per heavy atom. The highest BCUT2D eigenvalue weighted by atomic mass is 35.5. The number of aryl methyl sites for hydroxylation is 2. The Labute approximate surface area is 176 Å². The van der Waals surface area contributed by atoms with Gasteiger partial charge in [0.05, 0.1) is 17.8 Å². The number of aromatic nitrogens is 1. The Morgan fingerprint density at radius 3 is 3.04 bits per heavy atom. The van der Waals surface area contributed by atoms with Crippen molar-refractivity contribution in [2.45, 2.75) is 32.2 Å². The monoisotopic (exact) mass is 421 g/mol. The van der Waals surface area contributed by atoms with Gasteiger partial charge in [-0.2, -0.15) is 0 Å². The summed E-state index contributed by atoms with van der Waals surface area (Å²) in [5, 5.41) is 11.0. The van der Waals surface area contributed by atoms with Gasteiger partial charge in [-0.3, -0.25) is 4.99 Å². The molecule has 3 rings (SSSR count). The molecule has 0 amide bonds. The van der Waals surface area contributed by atoms with Crippen LogP contribution in [0.15, 0.2) is 28.6 Å². The van der Waals surface area contributed by atoms with Gasteiger partial charge < -0.3 is 20.3 Å². The number of ether oxygens (including phenoxy) is 1. The lowest BCUT2D eigenvalue weighted by Crippen LogP contribution is -2.44. The van der Waals surface area contributed by atoms with Crippen LogP contribution in [0.25, 0.3) is 0 Å². The molecule has 8 heteroatoms. The smallest absolute Gasteiger partial charge is 0.191 e. The molecule has 1 saturated heterocycles. The van der Waals surface area contributed by atoms with Crippen LogP contribution in [0.2, 0.25) is 5.02 Å². The van der Waals surface area contributed by atoms with E-state index in [2.05, 4.69) is 30.9 Å². The number of rotatable bonds is 7. The van der Waals surface area contributed by atoms with Crippen LogP contribution in [-0.4, -0.2) is 50.8 Å². The first-order valence-electron chi connectivity index (χ1n) is 9.55. The van der Waals surface area contributed by atoms with Gasteiger partial charge in [0.1, 0.15) is 5.75 Å². The van der Waals surface area contributed by atoms with E-state index >= 15 is 0 Å². The number of halogens is 1. The highest BCUT2D eigenvalue weighted by molar-refractivity contribution is 7.09. The van der Waals surface area contributed by atoms with E-state index in [1.165, 1.54) is 5.01 Å². The molecule has 1 aliphatic rings. The predicted molar refractivity (Wildman–Crippen MR) is 118 cm³/mol. The summed E-state index contributed by atoms with van der Waals surface area (Å²) in [6.45, 7) is 4.75. The second-order valence-electron chi connectivity index (χ2n) is 6.88. The van der Waals surface area contributed by atoms with Crippen molar-refractivity contribution in [3.05, 3.63) is 39.3 Å². The molecule has 0 radical (unpaired) electrons. The number of nitrogens with zero attached hydrogens (tertiary/aromatic N) is 3. The van der Waals surface area contributed by atoms with Gasteiger partial charge in [0.2, 0.25) is 0 Å². The van der Waals surface area contributed by atoms with E-state index in [4.69, 9.17) is 16.3 Å². The molecule has 2 heterocycles. The minimum absolute atomic E-state index is 0.330. The molecule has 1 aromatic carbocycles. The number of thiazole rings is 1. The number of anilines is 1. The summed E-state index contributed by atoms with van der Waals surface area (Å²) < 4.78 is 5.49. The topological polar surface area (TPSA) is 61.8 Å². The van der Waals surface area contributed by atoms with Crippen molar-refractivity contribution < 1.29 is 4.74 Å². The van der Waals surface area contributed by atoms with Gasteiger partial charge in [-0.25, -0.2) is 4.98 Å². The van der Waals surface area contributed by atoms with Crippen molar-refractivity contribution in [3.8, 4) is 5.75 Å². The van der Waals surface area contributed by atoms with Crippen LogP contribution >= 0.6 is 22.9 Å². The number of aliphatic imine (C=N–C) groups is 1. The van der Waals surface area contributed by atoms with Gasteiger partial charge in [-0.05, 0) is 38.0 Å². The van der Waals surface area contributed by atoms with Gasteiger partial charge in [0, 0.05) is 55.2 Å². The minimum Gasteiger partial charge on any atom is -0.495 e. The number of benzene rings is 1. The van der Waals surface area contributed by atoms with Crippen molar-refractivity contribution in [2.24, 2.45) is 4.99 Å². The molecule has 2 aromatic rings. The third-order valence-corrected chi connectivity index (χ3v) is 6.02. The Morgan fingerprint density at radius 1 is 1.46 bits per heavy atom. The van der Waals surface area contributed by atoms with E-state index in [0.717, 1.165) is 67.0 Å². The van der Waals surface area contributed by atoms with Crippen molar-refractivity contribution in [1.29, 1.82) is 0 Å². The van der Waals surface area contributed by atoms with Crippen molar-refractivity contribution in [1.82, 2.24) is 15.6 Å². The van der Waals surface area contributed by atoms with E-state index in [1.807, 2.05) is 32.2 Å². The SMILES string of the molecule is CN=C(NCCCc1nc(C)cs1)NC1CCN(c2cc(Cl)ccc2OC)C1. The van der Waals surface area contributed by atoms with E-state index in [0.29, 0.717) is 6.04 Å². The van der Waals surface area contributed by atoms with E-state index in [9.17, 15) is 0 Å². The lowest BCUT2D eigenvalue weighted by atomic mass is 10.2. The molecular weight excluding hydrogens is 394 g/mol. The maximum atomic E-state index is 6.18. The molecule has 2 N–H and O–H groups in total. The number of guanidine groups is 1. The van der Waals surface area contributed by atoms with Gasteiger partial charge in [-0.15, -0.1) is 11.3 Å². The first kappa shape index (κ1) is 20.7. The van der Waals surface area contributed by atoms with E-state index in [1.54, 1.807) is 18.4 Å².